The summed E-state index contributed by atoms with van der Waals surface area (Å²) in [4.78, 5) is 21.3. The van der Waals surface area contributed by atoms with Crippen molar-refractivity contribution in [1.82, 2.24) is 9.97 Å². The number of H-pyrrole nitrogens is 2. The topological polar surface area (TPSA) is 74.7 Å². The van der Waals surface area contributed by atoms with Crippen molar-refractivity contribution in [2.75, 3.05) is 5.75 Å². The number of fused-ring (bicyclic) bond motifs is 2. The van der Waals surface area contributed by atoms with Crippen LogP contribution in [0.15, 0.2) is 77.7 Å². The van der Waals surface area contributed by atoms with Crippen LogP contribution in [0.3, 0.4) is 0 Å². The number of carbonyl (C=O) groups excluding carboxylic acids is 1. The summed E-state index contributed by atoms with van der Waals surface area (Å²) in [6.07, 6.45) is 0.599. The predicted octanol–water partition coefficient (Wildman–Crippen LogP) is 7.17. The summed E-state index contributed by atoms with van der Waals surface area (Å²) in [6, 6.07) is 25.0. The van der Waals surface area contributed by atoms with Crippen molar-refractivity contribution in [3.05, 3.63) is 101 Å². The first-order chi connectivity index (χ1) is 17.0. The second-order valence-corrected chi connectivity index (χ2v) is 10.4. The second-order valence-electron chi connectivity index (χ2n) is 9.13. The Morgan fingerprint density at radius 1 is 0.829 bits per heavy atom. The van der Waals surface area contributed by atoms with Crippen molar-refractivity contribution in [3.8, 4) is 0 Å². The molecule has 5 aromatic rings. The Morgan fingerprint density at radius 3 is 1.89 bits per heavy atom. The smallest absolute Gasteiger partial charge is 0.225 e. The highest BCUT2D eigenvalue weighted by Crippen LogP contribution is 2.44. The lowest BCUT2D eigenvalue weighted by Gasteiger charge is -2.25. The van der Waals surface area contributed by atoms with E-state index in [-0.39, 0.29) is 11.8 Å². The fourth-order valence-corrected chi connectivity index (χ4v) is 6.43. The van der Waals surface area contributed by atoms with Gasteiger partial charge in [-0.25, -0.2) is 0 Å². The number of para-hydroxylation sites is 2. The molecule has 0 bridgehead atoms. The average molecular weight is 482 g/mol. The molecule has 5 heteroatoms. The van der Waals surface area contributed by atoms with E-state index in [9.17, 15) is 4.79 Å². The molecule has 0 saturated heterocycles. The molecule has 0 spiro atoms. The molecule has 0 fully saturated rings. The van der Waals surface area contributed by atoms with Crippen molar-refractivity contribution in [2.24, 2.45) is 5.73 Å². The zero-order valence-corrected chi connectivity index (χ0v) is 21.2. The number of benzene rings is 3. The fourth-order valence-electron chi connectivity index (χ4n) is 5.56. The third-order valence-electron chi connectivity index (χ3n) is 6.99. The van der Waals surface area contributed by atoms with E-state index >= 15 is 0 Å². The Morgan fingerprint density at radius 2 is 1.34 bits per heavy atom. The van der Waals surface area contributed by atoms with E-state index in [1.165, 1.54) is 21.9 Å². The SMILES string of the molecule is CCSc1ccccc1C(CC(c1c(C)[nH]c2ccccc12)c1c(C)[nH]c2ccccc12)C(N)=O. The Balaban J connectivity index is 1.74. The Kier molecular flexibility index (Phi) is 6.44. The molecule has 2 aromatic heterocycles. The van der Waals surface area contributed by atoms with Gasteiger partial charge in [0.1, 0.15) is 0 Å². The number of rotatable bonds is 8. The molecule has 1 unspecified atom stereocenters. The number of thioether (sulfide) groups is 1. The van der Waals surface area contributed by atoms with Gasteiger partial charge in [0.05, 0.1) is 5.92 Å². The van der Waals surface area contributed by atoms with Gasteiger partial charge >= 0.3 is 0 Å². The number of hydrogen-bond acceptors (Lipinski definition) is 2. The average Bonchev–Trinajstić information content (AvgIpc) is 3.36. The zero-order chi connectivity index (χ0) is 24.5. The standard InChI is InChI=1S/C30H31N3OS/c1-4-35-27-16-10-7-11-20(27)23(30(31)34)17-24(28-18(2)32-25-14-8-5-12-21(25)28)29-19(3)33-26-15-9-6-13-22(26)29/h5-16,23-24,32-33H,4,17H2,1-3H3,(H2,31,34). The van der Waals surface area contributed by atoms with Gasteiger partial charge in [0.25, 0.3) is 0 Å². The minimum absolute atomic E-state index is 0.0144. The number of nitrogens with two attached hydrogens (primary N) is 1. The van der Waals surface area contributed by atoms with Crippen LogP contribution in [0.5, 0.6) is 0 Å². The number of aromatic nitrogens is 2. The van der Waals surface area contributed by atoms with Crippen molar-refractivity contribution in [2.45, 2.75) is 43.9 Å². The van der Waals surface area contributed by atoms with Crippen LogP contribution in [-0.2, 0) is 4.79 Å². The number of nitrogens with one attached hydrogen (secondary N) is 2. The van der Waals surface area contributed by atoms with Gasteiger partial charge in [-0.1, -0.05) is 61.5 Å². The van der Waals surface area contributed by atoms with Crippen LogP contribution in [0.4, 0.5) is 0 Å². The van der Waals surface area contributed by atoms with Crippen LogP contribution in [0.1, 0.15) is 53.3 Å². The quantitative estimate of drug-likeness (QED) is 0.206. The lowest BCUT2D eigenvalue weighted by Crippen LogP contribution is -2.24. The highest BCUT2D eigenvalue weighted by atomic mass is 32.2. The van der Waals surface area contributed by atoms with Gasteiger partial charge in [0, 0.05) is 44.0 Å². The monoisotopic (exact) mass is 481 g/mol. The summed E-state index contributed by atoms with van der Waals surface area (Å²) in [7, 11) is 0. The van der Waals surface area contributed by atoms with Gasteiger partial charge in [-0.15, -0.1) is 11.8 Å². The van der Waals surface area contributed by atoms with Crippen LogP contribution in [-0.4, -0.2) is 21.6 Å². The van der Waals surface area contributed by atoms with Gasteiger partial charge in [-0.2, -0.15) is 0 Å². The van der Waals surface area contributed by atoms with E-state index < -0.39 is 5.92 Å². The van der Waals surface area contributed by atoms with E-state index in [4.69, 9.17) is 5.73 Å². The van der Waals surface area contributed by atoms with Gasteiger partial charge in [-0.05, 0) is 60.9 Å². The number of aryl methyl sites for hydroxylation is 2. The minimum Gasteiger partial charge on any atom is -0.369 e. The maximum Gasteiger partial charge on any atom is 0.225 e. The lowest BCUT2D eigenvalue weighted by atomic mass is 9.79. The molecule has 0 aliphatic heterocycles. The largest absolute Gasteiger partial charge is 0.369 e. The number of primary amides is 1. The molecular formula is C30H31N3OS. The Bertz CT molecular complexity index is 1430. The maximum absolute atomic E-state index is 13.0. The number of aromatic amines is 2. The molecule has 5 rings (SSSR count). The molecule has 35 heavy (non-hydrogen) atoms. The lowest BCUT2D eigenvalue weighted by molar-refractivity contribution is -0.119. The van der Waals surface area contributed by atoms with Crippen LogP contribution in [0.2, 0.25) is 0 Å². The Labute approximate surface area is 210 Å². The normalized spacial score (nSPS) is 12.6. The first kappa shape index (κ1) is 23.3. The van der Waals surface area contributed by atoms with Crippen LogP contribution < -0.4 is 5.73 Å². The van der Waals surface area contributed by atoms with Gasteiger partial charge in [0.15, 0.2) is 0 Å². The molecule has 4 nitrogen and oxygen atoms in total. The highest BCUT2D eigenvalue weighted by Gasteiger charge is 2.31. The molecular weight excluding hydrogens is 450 g/mol. The summed E-state index contributed by atoms with van der Waals surface area (Å²) >= 11 is 1.76. The third-order valence-corrected chi connectivity index (χ3v) is 7.96. The van der Waals surface area contributed by atoms with Crippen LogP contribution in [0, 0.1) is 13.8 Å². The summed E-state index contributed by atoms with van der Waals surface area (Å²) in [6.45, 7) is 6.40. The molecule has 178 valence electrons. The van der Waals surface area contributed by atoms with Crippen molar-refractivity contribution in [3.63, 3.8) is 0 Å². The summed E-state index contributed by atoms with van der Waals surface area (Å²) < 4.78 is 0. The number of hydrogen-bond donors (Lipinski definition) is 3. The van der Waals surface area contributed by atoms with Crippen molar-refractivity contribution in [1.29, 1.82) is 0 Å². The highest BCUT2D eigenvalue weighted by molar-refractivity contribution is 7.99. The summed E-state index contributed by atoms with van der Waals surface area (Å²) in [5.74, 6) is 0.236. The molecule has 0 aliphatic rings. The van der Waals surface area contributed by atoms with Crippen LogP contribution in [0.25, 0.3) is 21.8 Å². The van der Waals surface area contributed by atoms with E-state index in [2.05, 4.69) is 91.4 Å². The van der Waals surface area contributed by atoms with Gasteiger partial charge in [-0.3, -0.25) is 4.79 Å². The molecule has 0 radical (unpaired) electrons. The molecule has 1 amide bonds. The maximum atomic E-state index is 13.0. The van der Waals surface area contributed by atoms with E-state index in [0.717, 1.165) is 38.6 Å². The molecule has 0 saturated carbocycles. The Hall–Kier alpha value is -3.44. The van der Waals surface area contributed by atoms with Crippen molar-refractivity contribution >= 4 is 39.5 Å². The van der Waals surface area contributed by atoms with Gasteiger partial charge < -0.3 is 15.7 Å². The molecule has 4 N–H and O–H groups in total. The van der Waals surface area contributed by atoms with E-state index in [1.807, 2.05) is 12.1 Å². The van der Waals surface area contributed by atoms with E-state index in [1.54, 1.807) is 11.8 Å². The molecule has 0 aliphatic carbocycles. The number of amides is 1. The summed E-state index contributed by atoms with van der Waals surface area (Å²) in [5.41, 5.74) is 14.1. The number of carbonyl (C=O) groups is 1. The second kappa shape index (κ2) is 9.67. The third kappa shape index (κ3) is 4.25. The van der Waals surface area contributed by atoms with Crippen molar-refractivity contribution < 1.29 is 4.79 Å². The first-order valence-corrected chi connectivity index (χ1v) is 13.1. The molecule has 1 atom stereocenters. The zero-order valence-electron chi connectivity index (χ0n) is 20.4. The fraction of sp³-hybridized carbons (Fsp3) is 0.233. The summed E-state index contributed by atoms with van der Waals surface area (Å²) in [5, 5.41) is 2.39. The minimum atomic E-state index is -0.406. The molecule has 3 aromatic carbocycles. The first-order valence-electron chi connectivity index (χ1n) is 12.1. The van der Waals surface area contributed by atoms with E-state index in [0.29, 0.717) is 6.42 Å². The van der Waals surface area contributed by atoms with Gasteiger partial charge in [0.2, 0.25) is 5.91 Å². The van der Waals surface area contributed by atoms with Crippen LogP contribution >= 0.6 is 11.8 Å². The predicted molar refractivity (Wildman–Crippen MR) is 147 cm³/mol. The molecule has 2 heterocycles.